The largest absolute Gasteiger partial charge is 0.393 e. The van der Waals surface area contributed by atoms with Crippen molar-refractivity contribution in [3.8, 4) is 0 Å². The smallest absolute Gasteiger partial charge is 0.0585 e. The Labute approximate surface area is 68.8 Å². The summed E-state index contributed by atoms with van der Waals surface area (Å²) in [6.45, 7) is 4.01. The summed E-state index contributed by atoms with van der Waals surface area (Å²) in [5.74, 6) is 0.302. The van der Waals surface area contributed by atoms with Gasteiger partial charge in [-0.05, 0) is 26.7 Å². The Balaban J connectivity index is 2.55. The van der Waals surface area contributed by atoms with Gasteiger partial charge < -0.3 is 10.8 Å². The van der Waals surface area contributed by atoms with Crippen LogP contribution in [0.25, 0.3) is 0 Å². The van der Waals surface area contributed by atoms with Crippen LogP contribution in [0.4, 0.5) is 0 Å². The van der Waals surface area contributed by atoms with Crippen LogP contribution >= 0.6 is 0 Å². The molecule has 66 valence electrons. The van der Waals surface area contributed by atoms with E-state index < -0.39 is 0 Å². The molecule has 1 aliphatic carbocycles. The van der Waals surface area contributed by atoms with Crippen molar-refractivity contribution in [3.05, 3.63) is 0 Å². The van der Waals surface area contributed by atoms with Gasteiger partial charge in [0, 0.05) is 11.5 Å². The summed E-state index contributed by atoms with van der Waals surface area (Å²) < 4.78 is 0. The minimum absolute atomic E-state index is 0.163. The zero-order valence-corrected chi connectivity index (χ0v) is 7.51. The highest BCUT2D eigenvalue weighted by Crippen LogP contribution is 2.31. The SMILES string of the molecule is CC(C)(N)[C@H]1CCCC[C@H]1O. The van der Waals surface area contributed by atoms with Gasteiger partial charge in [0.05, 0.1) is 6.10 Å². The Kier molecular flexibility index (Phi) is 2.55. The Morgan fingerprint density at radius 1 is 1.27 bits per heavy atom. The van der Waals surface area contributed by atoms with E-state index in [1.165, 1.54) is 6.42 Å². The fourth-order valence-corrected chi connectivity index (χ4v) is 1.98. The number of hydrogen-bond donors (Lipinski definition) is 2. The summed E-state index contributed by atoms with van der Waals surface area (Å²) in [5, 5.41) is 9.62. The number of rotatable bonds is 1. The molecule has 1 aliphatic rings. The van der Waals surface area contributed by atoms with E-state index in [1.54, 1.807) is 0 Å². The molecule has 0 spiro atoms. The molecule has 1 fully saturated rings. The van der Waals surface area contributed by atoms with Crippen molar-refractivity contribution in [2.24, 2.45) is 11.7 Å². The second-order valence-electron chi connectivity index (χ2n) is 4.28. The van der Waals surface area contributed by atoms with Crippen molar-refractivity contribution >= 4 is 0 Å². The van der Waals surface area contributed by atoms with E-state index in [2.05, 4.69) is 0 Å². The quantitative estimate of drug-likeness (QED) is 0.602. The van der Waals surface area contributed by atoms with E-state index in [0.29, 0.717) is 5.92 Å². The lowest BCUT2D eigenvalue weighted by Gasteiger charge is -2.37. The van der Waals surface area contributed by atoms with Crippen molar-refractivity contribution in [2.45, 2.75) is 51.2 Å². The molecule has 2 nitrogen and oxygen atoms in total. The van der Waals surface area contributed by atoms with Crippen molar-refractivity contribution in [2.75, 3.05) is 0 Å². The molecule has 1 saturated carbocycles. The summed E-state index contributed by atoms with van der Waals surface area (Å²) in [6, 6.07) is 0. The minimum atomic E-state index is -0.208. The van der Waals surface area contributed by atoms with Crippen molar-refractivity contribution in [1.29, 1.82) is 0 Å². The third-order valence-corrected chi connectivity index (χ3v) is 2.69. The molecule has 0 radical (unpaired) electrons. The predicted octanol–water partition coefficient (Wildman–Crippen LogP) is 1.27. The van der Waals surface area contributed by atoms with E-state index in [9.17, 15) is 5.11 Å². The normalized spacial score (nSPS) is 33.8. The molecule has 0 bridgehead atoms. The standard InChI is InChI=1S/C9H19NO/c1-9(2,10)7-5-3-4-6-8(7)11/h7-8,11H,3-6,10H2,1-2H3/t7-,8+/m0/s1. The Morgan fingerprint density at radius 3 is 2.18 bits per heavy atom. The average Bonchev–Trinajstić information content (AvgIpc) is 1.86. The van der Waals surface area contributed by atoms with Crippen LogP contribution in [0.15, 0.2) is 0 Å². The highest BCUT2D eigenvalue weighted by atomic mass is 16.3. The maximum absolute atomic E-state index is 9.62. The van der Waals surface area contributed by atoms with Crippen LogP contribution in [0.2, 0.25) is 0 Å². The van der Waals surface area contributed by atoms with Gasteiger partial charge in [-0.1, -0.05) is 12.8 Å². The van der Waals surface area contributed by atoms with Gasteiger partial charge in [-0.15, -0.1) is 0 Å². The van der Waals surface area contributed by atoms with Gasteiger partial charge in [-0.25, -0.2) is 0 Å². The van der Waals surface area contributed by atoms with Crippen molar-refractivity contribution < 1.29 is 5.11 Å². The first kappa shape index (κ1) is 9.01. The summed E-state index contributed by atoms with van der Waals surface area (Å²) >= 11 is 0. The first-order valence-electron chi connectivity index (χ1n) is 4.49. The van der Waals surface area contributed by atoms with Crippen LogP contribution in [0.3, 0.4) is 0 Å². The second-order valence-corrected chi connectivity index (χ2v) is 4.28. The van der Waals surface area contributed by atoms with Gasteiger partial charge in [0.25, 0.3) is 0 Å². The molecule has 0 amide bonds. The molecule has 2 heteroatoms. The summed E-state index contributed by atoms with van der Waals surface area (Å²) in [6.07, 6.45) is 4.25. The molecule has 2 atom stereocenters. The van der Waals surface area contributed by atoms with Crippen molar-refractivity contribution in [1.82, 2.24) is 0 Å². The third kappa shape index (κ3) is 2.17. The molecule has 0 aromatic rings. The Morgan fingerprint density at radius 2 is 1.82 bits per heavy atom. The summed E-state index contributed by atoms with van der Waals surface area (Å²) in [5.41, 5.74) is 5.73. The van der Waals surface area contributed by atoms with Gasteiger partial charge in [0.2, 0.25) is 0 Å². The lowest BCUT2D eigenvalue weighted by Crippen LogP contribution is -2.47. The van der Waals surface area contributed by atoms with Crippen LogP contribution in [-0.4, -0.2) is 16.7 Å². The lowest BCUT2D eigenvalue weighted by molar-refractivity contribution is 0.0350. The molecule has 0 unspecified atom stereocenters. The number of hydrogen-bond acceptors (Lipinski definition) is 2. The zero-order valence-electron chi connectivity index (χ0n) is 7.51. The number of nitrogens with two attached hydrogens (primary N) is 1. The number of aliphatic hydroxyl groups is 1. The summed E-state index contributed by atoms with van der Waals surface area (Å²) in [4.78, 5) is 0. The minimum Gasteiger partial charge on any atom is -0.393 e. The van der Waals surface area contributed by atoms with Crippen LogP contribution in [0.5, 0.6) is 0 Å². The van der Waals surface area contributed by atoms with Gasteiger partial charge in [-0.2, -0.15) is 0 Å². The fourth-order valence-electron chi connectivity index (χ4n) is 1.98. The van der Waals surface area contributed by atoms with Crippen molar-refractivity contribution in [3.63, 3.8) is 0 Å². The topological polar surface area (TPSA) is 46.2 Å². The van der Waals surface area contributed by atoms with E-state index >= 15 is 0 Å². The van der Waals surface area contributed by atoms with Crippen LogP contribution in [0.1, 0.15) is 39.5 Å². The van der Waals surface area contributed by atoms with E-state index in [-0.39, 0.29) is 11.6 Å². The first-order valence-corrected chi connectivity index (χ1v) is 4.49. The molecule has 0 aromatic heterocycles. The number of aliphatic hydroxyl groups excluding tert-OH is 1. The predicted molar refractivity (Wildman–Crippen MR) is 46.2 cm³/mol. The Hall–Kier alpha value is -0.0800. The lowest BCUT2D eigenvalue weighted by atomic mass is 9.75. The molecule has 11 heavy (non-hydrogen) atoms. The van der Waals surface area contributed by atoms with Crippen LogP contribution in [-0.2, 0) is 0 Å². The maximum Gasteiger partial charge on any atom is 0.0585 e. The van der Waals surface area contributed by atoms with E-state index in [1.807, 2.05) is 13.8 Å². The molecule has 1 rings (SSSR count). The summed E-state index contributed by atoms with van der Waals surface area (Å²) in [7, 11) is 0. The van der Waals surface area contributed by atoms with Gasteiger partial charge in [0.15, 0.2) is 0 Å². The van der Waals surface area contributed by atoms with Gasteiger partial charge in [0.1, 0.15) is 0 Å². The van der Waals surface area contributed by atoms with Crippen LogP contribution in [0, 0.1) is 5.92 Å². The highest BCUT2D eigenvalue weighted by molar-refractivity contribution is 4.89. The second kappa shape index (κ2) is 3.11. The molecule has 3 N–H and O–H groups in total. The molecule has 0 aromatic carbocycles. The zero-order chi connectivity index (χ0) is 8.48. The van der Waals surface area contributed by atoms with Crippen LogP contribution < -0.4 is 5.73 Å². The highest BCUT2D eigenvalue weighted by Gasteiger charge is 2.33. The molecular formula is C9H19NO. The maximum atomic E-state index is 9.62. The molecular weight excluding hydrogens is 138 g/mol. The molecule has 0 heterocycles. The third-order valence-electron chi connectivity index (χ3n) is 2.69. The van der Waals surface area contributed by atoms with E-state index in [4.69, 9.17) is 5.73 Å². The Bertz CT molecular complexity index is 128. The monoisotopic (exact) mass is 157 g/mol. The first-order chi connectivity index (χ1) is 5.02. The average molecular weight is 157 g/mol. The van der Waals surface area contributed by atoms with E-state index in [0.717, 1.165) is 19.3 Å². The van der Waals surface area contributed by atoms with Gasteiger partial charge in [-0.3, -0.25) is 0 Å². The fraction of sp³-hybridized carbons (Fsp3) is 1.00. The molecule has 0 saturated heterocycles. The van der Waals surface area contributed by atoms with Gasteiger partial charge >= 0.3 is 0 Å². The molecule has 0 aliphatic heterocycles.